The first-order valence-electron chi connectivity index (χ1n) is 4.49. The predicted octanol–water partition coefficient (Wildman–Crippen LogP) is 2.87. The van der Waals surface area contributed by atoms with E-state index < -0.39 is 6.54 Å². The molecule has 0 aromatic rings. The molecule has 0 amide bonds. The van der Waals surface area contributed by atoms with Crippen LogP contribution in [0.25, 0.3) is 0 Å². The number of rotatable bonds is 5. The molecule has 0 aromatic carbocycles. The first-order chi connectivity index (χ1) is 4.74. The van der Waals surface area contributed by atoms with Crippen LogP contribution < -0.4 is 0 Å². The monoisotopic (exact) mass is 220 g/mol. The Labute approximate surface area is 72.9 Å². The van der Waals surface area contributed by atoms with Crippen molar-refractivity contribution in [2.45, 2.75) is 51.0 Å². The summed E-state index contributed by atoms with van der Waals surface area (Å²) in [5, 5.41) is 1.53. The minimum atomic E-state index is -0.592. The van der Waals surface area contributed by atoms with Crippen molar-refractivity contribution in [3.63, 3.8) is 0 Å². The molecule has 0 bridgehead atoms. The summed E-state index contributed by atoms with van der Waals surface area (Å²) in [4.78, 5) is 0. The van der Waals surface area contributed by atoms with Gasteiger partial charge < -0.3 is 0 Å². The minimum absolute atomic E-state index is 0.486. The molecule has 0 aliphatic rings. The van der Waals surface area contributed by atoms with Crippen LogP contribution in [0.4, 0.5) is 0 Å². The van der Waals surface area contributed by atoms with Gasteiger partial charge in [-0.1, -0.05) is 0 Å². The molecular weight excluding hydrogens is 199 g/mol. The Balaban J connectivity index is 3.87. The fraction of sp³-hybridized carbons (Fsp3) is 1.00. The molecule has 0 aliphatic heterocycles. The van der Waals surface area contributed by atoms with Crippen LogP contribution in [0, 0.1) is 0 Å². The average Bonchev–Trinajstić information content (AvgIpc) is 2.01. The van der Waals surface area contributed by atoms with E-state index >= 15 is 0 Å². The van der Waals surface area contributed by atoms with E-state index in [1.54, 1.807) is 18.1 Å². The van der Waals surface area contributed by atoms with Crippen molar-refractivity contribution in [2.24, 2.45) is 0 Å². The first-order valence-corrected chi connectivity index (χ1v) is 11.7. The van der Waals surface area contributed by atoms with E-state index in [2.05, 4.69) is 27.7 Å². The second-order valence-corrected chi connectivity index (χ2v) is 18.3. The molecule has 0 N–H and O–H groups in total. The van der Waals surface area contributed by atoms with E-state index in [0.717, 1.165) is 0 Å². The quantitative estimate of drug-likeness (QED) is 0.625. The van der Waals surface area contributed by atoms with Gasteiger partial charge in [0.25, 0.3) is 0 Å². The van der Waals surface area contributed by atoms with Gasteiger partial charge in [0.15, 0.2) is 0 Å². The Kier molecular flexibility index (Phi) is 5.85. The number of hydrogen-bond donors (Lipinski definition) is 0. The third-order valence-electron chi connectivity index (χ3n) is 2.58. The summed E-state index contributed by atoms with van der Waals surface area (Å²) < 4.78 is 0. The fourth-order valence-corrected chi connectivity index (χ4v) is 13.9. The van der Waals surface area contributed by atoms with Crippen LogP contribution in [-0.4, -0.2) is 21.6 Å². The molecule has 2 heteroatoms. The average molecular weight is 220 g/mol. The molecule has 10 heavy (non-hydrogen) atoms. The van der Waals surface area contributed by atoms with E-state index in [-0.39, 0.29) is 0 Å². The van der Waals surface area contributed by atoms with Crippen LogP contribution >= 0.6 is 0 Å². The zero-order valence-corrected chi connectivity index (χ0v) is 10.9. The molecular formula is C8H21AsSi. The van der Waals surface area contributed by atoms with E-state index in [4.69, 9.17) is 0 Å². The molecule has 0 saturated carbocycles. The van der Waals surface area contributed by atoms with E-state index in [1.807, 2.05) is 0 Å². The van der Waals surface area contributed by atoms with Gasteiger partial charge in [-0.2, -0.15) is 0 Å². The van der Waals surface area contributed by atoms with Crippen molar-refractivity contribution >= 4 is 21.6 Å². The second kappa shape index (κ2) is 5.43. The van der Waals surface area contributed by atoms with Gasteiger partial charge in [0.2, 0.25) is 0 Å². The van der Waals surface area contributed by atoms with Crippen LogP contribution in [0.3, 0.4) is 0 Å². The zero-order valence-electron chi connectivity index (χ0n) is 7.83. The maximum absolute atomic E-state index is 2.42. The maximum atomic E-state index is 2.42. The molecule has 1 unspecified atom stereocenters. The predicted molar refractivity (Wildman–Crippen MR) is 54.8 cm³/mol. The summed E-state index contributed by atoms with van der Waals surface area (Å²) in [6.07, 6.45) is 0. The standard InChI is InChI=1S/C8H21AsSi/c1-5-9-10(6-2,7-3)8-4/h9H,5-8H2,1-4H3. The van der Waals surface area contributed by atoms with Gasteiger partial charge in [0, 0.05) is 0 Å². The van der Waals surface area contributed by atoms with Crippen molar-refractivity contribution in [3.05, 3.63) is 0 Å². The third-order valence-corrected chi connectivity index (χ3v) is 21.4. The zero-order chi connectivity index (χ0) is 8.04. The molecule has 0 nitrogen and oxygen atoms in total. The molecule has 0 radical (unpaired) electrons. The molecule has 0 rings (SSSR count). The molecule has 0 saturated heterocycles. The van der Waals surface area contributed by atoms with Gasteiger partial charge in [-0.25, -0.2) is 0 Å². The van der Waals surface area contributed by atoms with Gasteiger partial charge in [0.1, 0.15) is 0 Å². The molecule has 62 valence electrons. The van der Waals surface area contributed by atoms with Crippen molar-refractivity contribution in [1.29, 1.82) is 0 Å². The second-order valence-electron chi connectivity index (χ2n) is 2.87. The van der Waals surface area contributed by atoms with Crippen LogP contribution in [0.5, 0.6) is 0 Å². The van der Waals surface area contributed by atoms with Gasteiger partial charge in [0.05, 0.1) is 0 Å². The molecule has 0 aliphatic carbocycles. The first kappa shape index (κ1) is 10.8. The van der Waals surface area contributed by atoms with Crippen molar-refractivity contribution in [3.8, 4) is 0 Å². The fourth-order valence-electron chi connectivity index (χ4n) is 1.50. The third kappa shape index (κ3) is 2.80. The summed E-state index contributed by atoms with van der Waals surface area (Å²) in [5.41, 5.74) is 0. The van der Waals surface area contributed by atoms with E-state index in [1.165, 1.54) is 5.21 Å². The summed E-state index contributed by atoms with van der Waals surface area (Å²) in [6, 6.07) is 4.65. The number of hydrogen-bond acceptors (Lipinski definition) is 0. The Morgan fingerprint density at radius 1 is 0.900 bits per heavy atom. The van der Waals surface area contributed by atoms with Crippen LogP contribution in [0.2, 0.25) is 23.3 Å². The van der Waals surface area contributed by atoms with Crippen molar-refractivity contribution < 1.29 is 0 Å². The van der Waals surface area contributed by atoms with E-state index in [0.29, 0.717) is 15.1 Å². The normalized spacial score (nSPS) is 13.2. The molecule has 0 aromatic heterocycles. The summed E-state index contributed by atoms with van der Waals surface area (Å²) in [5.74, 6) is 0. The van der Waals surface area contributed by atoms with Gasteiger partial charge >= 0.3 is 72.7 Å². The topological polar surface area (TPSA) is 0 Å². The van der Waals surface area contributed by atoms with Gasteiger partial charge in [-0.05, 0) is 0 Å². The molecule has 0 fully saturated rings. The molecule has 1 atom stereocenters. The van der Waals surface area contributed by atoms with Gasteiger partial charge in [-0.3, -0.25) is 0 Å². The summed E-state index contributed by atoms with van der Waals surface area (Å²) in [7, 11) is 0. The molecule has 0 heterocycles. The van der Waals surface area contributed by atoms with Crippen LogP contribution in [0.1, 0.15) is 27.7 Å². The van der Waals surface area contributed by atoms with Crippen molar-refractivity contribution in [1.82, 2.24) is 0 Å². The van der Waals surface area contributed by atoms with E-state index in [9.17, 15) is 0 Å². The van der Waals surface area contributed by atoms with Crippen LogP contribution in [-0.2, 0) is 0 Å². The Hall–Kier alpha value is 0.775. The van der Waals surface area contributed by atoms with Gasteiger partial charge in [-0.15, -0.1) is 0 Å². The Morgan fingerprint density at radius 2 is 1.30 bits per heavy atom. The van der Waals surface area contributed by atoms with Crippen molar-refractivity contribution in [2.75, 3.05) is 0 Å². The summed E-state index contributed by atoms with van der Waals surface area (Å²) in [6.45, 7) is 9.03. The molecule has 0 spiro atoms. The Morgan fingerprint density at radius 3 is 1.40 bits per heavy atom. The SMILES string of the molecule is CC[AsH][Si](CC)(CC)CC. The Bertz CT molecular complexity index is 71.1. The summed E-state index contributed by atoms with van der Waals surface area (Å²) >= 11 is 0.486. The van der Waals surface area contributed by atoms with Crippen LogP contribution in [0.15, 0.2) is 0 Å².